The Kier molecular flexibility index (Phi) is 12.9. The summed E-state index contributed by atoms with van der Waals surface area (Å²) in [4.78, 5) is 4.29. The molecule has 1 aromatic carbocycles. The molecular weight excluding hydrogens is 429 g/mol. The lowest BCUT2D eigenvalue weighted by molar-refractivity contribution is 0.0698. The molecule has 6 heteroatoms. The van der Waals surface area contributed by atoms with Crippen LogP contribution in [0.2, 0.25) is 0 Å². The Hall–Kier alpha value is -0.860. The molecule has 25 heavy (non-hydrogen) atoms. The van der Waals surface area contributed by atoms with Gasteiger partial charge >= 0.3 is 0 Å². The molecule has 0 fully saturated rings. The van der Waals surface area contributed by atoms with E-state index in [1.165, 1.54) is 11.1 Å². The topological polar surface area (TPSA) is 54.9 Å². The van der Waals surface area contributed by atoms with E-state index in [2.05, 4.69) is 60.7 Å². The quantitative estimate of drug-likeness (QED) is 0.242. The van der Waals surface area contributed by atoms with Gasteiger partial charge in [-0.1, -0.05) is 38.1 Å². The second kappa shape index (κ2) is 13.4. The van der Waals surface area contributed by atoms with Crippen LogP contribution < -0.4 is 10.6 Å². The number of hydrogen-bond acceptors (Lipinski definition) is 3. The highest BCUT2D eigenvalue weighted by atomic mass is 127. The van der Waals surface area contributed by atoms with Gasteiger partial charge in [0.15, 0.2) is 5.96 Å². The van der Waals surface area contributed by atoms with Crippen molar-refractivity contribution in [2.24, 2.45) is 4.99 Å². The first-order chi connectivity index (χ1) is 11.5. The van der Waals surface area contributed by atoms with Crippen molar-refractivity contribution in [1.29, 1.82) is 0 Å². The maximum Gasteiger partial charge on any atom is 0.191 e. The number of aryl methyl sites for hydroxylation is 1. The van der Waals surface area contributed by atoms with Crippen LogP contribution in [0.1, 0.15) is 31.4 Å². The predicted octanol–water partition coefficient (Wildman–Crippen LogP) is 3.11. The molecule has 0 aromatic heterocycles. The van der Waals surface area contributed by atoms with Crippen molar-refractivity contribution in [2.45, 2.75) is 32.6 Å². The van der Waals surface area contributed by atoms with Gasteiger partial charge in [0.25, 0.3) is 0 Å². The smallest absolute Gasteiger partial charge is 0.191 e. The van der Waals surface area contributed by atoms with Crippen molar-refractivity contribution < 1.29 is 9.47 Å². The fourth-order valence-electron chi connectivity index (χ4n) is 2.58. The Morgan fingerprint density at radius 1 is 1.12 bits per heavy atom. The third-order valence-electron chi connectivity index (χ3n) is 3.99. The van der Waals surface area contributed by atoms with E-state index in [1.54, 1.807) is 14.2 Å². The van der Waals surface area contributed by atoms with E-state index in [1.807, 2.05) is 0 Å². The number of methoxy groups -OCH3 is 1. The van der Waals surface area contributed by atoms with Crippen molar-refractivity contribution in [3.8, 4) is 0 Å². The van der Waals surface area contributed by atoms with Crippen LogP contribution >= 0.6 is 24.0 Å². The summed E-state index contributed by atoms with van der Waals surface area (Å²) in [5, 5.41) is 6.75. The maximum absolute atomic E-state index is 5.45. The lowest BCUT2D eigenvalue weighted by Crippen LogP contribution is -2.44. The molecule has 0 heterocycles. The number of nitrogens with one attached hydrogen (secondary N) is 2. The van der Waals surface area contributed by atoms with Gasteiger partial charge in [-0.3, -0.25) is 4.99 Å². The lowest BCUT2D eigenvalue weighted by Gasteiger charge is -2.28. The van der Waals surface area contributed by atoms with Gasteiger partial charge in [-0.15, -0.1) is 24.0 Å². The van der Waals surface area contributed by atoms with Crippen LogP contribution in [-0.2, 0) is 14.9 Å². The molecule has 0 aliphatic heterocycles. The Bertz CT molecular complexity index is 507. The SMILES string of the molecule is CN=C(NCCCOCCOC)NCC(C)(C)c1ccccc1C.I. The van der Waals surface area contributed by atoms with E-state index in [9.17, 15) is 0 Å². The number of ether oxygens (including phenoxy) is 2. The Morgan fingerprint density at radius 3 is 2.48 bits per heavy atom. The molecule has 1 aromatic rings. The number of hydrogen-bond donors (Lipinski definition) is 2. The second-order valence-corrected chi connectivity index (χ2v) is 6.51. The molecule has 0 spiro atoms. The van der Waals surface area contributed by atoms with E-state index in [4.69, 9.17) is 9.47 Å². The molecule has 0 saturated carbocycles. The third kappa shape index (κ3) is 9.42. The summed E-state index contributed by atoms with van der Waals surface area (Å²) >= 11 is 0. The summed E-state index contributed by atoms with van der Waals surface area (Å²) in [6.07, 6.45) is 0.936. The summed E-state index contributed by atoms with van der Waals surface area (Å²) in [7, 11) is 3.48. The molecule has 0 aliphatic rings. The fourth-order valence-corrected chi connectivity index (χ4v) is 2.58. The van der Waals surface area contributed by atoms with Gasteiger partial charge in [0.1, 0.15) is 0 Å². The summed E-state index contributed by atoms with van der Waals surface area (Å²) in [5.74, 6) is 0.827. The lowest BCUT2D eigenvalue weighted by atomic mass is 9.82. The monoisotopic (exact) mass is 463 g/mol. The summed E-state index contributed by atoms with van der Waals surface area (Å²) in [6, 6.07) is 8.54. The number of benzene rings is 1. The molecule has 0 atom stereocenters. The minimum Gasteiger partial charge on any atom is -0.382 e. The minimum atomic E-state index is 0. The number of nitrogens with zero attached hydrogens (tertiary/aromatic N) is 1. The van der Waals surface area contributed by atoms with E-state index in [0.29, 0.717) is 13.2 Å². The Morgan fingerprint density at radius 2 is 1.84 bits per heavy atom. The molecule has 0 bridgehead atoms. The number of halogens is 1. The zero-order chi connectivity index (χ0) is 17.8. The average Bonchev–Trinajstić information content (AvgIpc) is 2.57. The van der Waals surface area contributed by atoms with Crippen LogP contribution in [0.3, 0.4) is 0 Å². The highest BCUT2D eigenvalue weighted by Crippen LogP contribution is 2.25. The fraction of sp³-hybridized carbons (Fsp3) is 0.632. The van der Waals surface area contributed by atoms with Gasteiger partial charge in [-0.25, -0.2) is 0 Å². The molecule has 0 aliphatic carbocycles. The largest absolute Gasteiger partial charge is 0.382 e. The molecule has 1 rings (SSSR count). The highest BCUT2D eigenvalue weighted by molar-refractivity contribution is 14.0. The van der Waals surface area contributed by atoms with Crippen LogP contribution in [0.25, 0.3) is 0 Å². The molecule has 0 unspecified atom stereocenters. The number of guanidine groups is 1. The first-order valence-electron chi connectivity index (χ1n) is 8.58. The van der Waals surface area contributed by atoms with E-state index < -0.39 is 0 Å². The molecule has 5 nitrogen and oxygen atoms in total. The second-order valence-electron chi connectivity index (χ2n) is 6.51. The van der Waals surface area contributed by atoms with Gasteiger partial charge in [0.05, 0.1) is 13.2 Å². The molecule has 0 saturated heterocycles. The number of rotatable bonds is 10. The average molecular weight is 463 g/mol. The van der Waals surface area contributed by atoms with Crippen LogP contribution in [0.4, 0.5) is 0 Å². The molecule has 0 radical (unpaired) electrons. The van der Waals surface area contributed by atoms with Crippen molar-refractivity contribution in [2.75, 3.05) is 47.1 Å². The molecule has 2 N–H and O–H groups in total. The van der Waals surface area contributed by atoms with Gasteiger partial charge in [-0.2, -0.15) is 0 Å². The van der Waals surface area contributed by atoms with Crippen LogP contribution in [0.15, 0.2) is 29.3 Å². The standard InChI is InChI=1S/C19H33N3O2.HI/c1-16-9-6-7-10-17(16)19(2,3)15-22-18(20-4)21-11-8-12-24-14-13-23-5;/h6-7,9-10H,8,11-15H2,1-5H3,(H2,20,21,22);1H. The Balaban J connectivity index is 0.00000576. The van der Waals surface area contributed by atoms with Crippen LogP contribution in [-0.4, -0.2) is 53.0 Å². The zero-order valence-corrected chi connectivity index (χ0v) is 18.6. The van der Waals surface area contributed by atoms with E-state index in [-0.39, 0.29) is 29.4 Å². The molecule has 144 valence electrons. The van der Waals surface area contributed by atoms with Gasteiger partial charge in [-0.05, 0) is 24.5 Å². The first-order valence-corrected chi connectivity index (χ1v) is 8.58. The zero-order valence-electron chi connectivity index (χ0n) is 16.2. The maximum atomic E-state index is 5.45. The summed E-state index contributed by atoms with van der Waals surface area (Å²) in [5.41, 5.74) is 2.71. The van der Waals surface area contributed by atoms with Gasteiger partial charge in [0.2, 0.25) is 0 Å². The summed E-state index contributed by atoms with van der Waals surface area (Å²) in [6.45, 7) is 10.3. The van der Waals surface area contributed by atoms with E-state index >= 15 is 0 Å². The first kappa shape index (κ1) is 24.1. The minimum absolute atomic E-state index is 0. The summed E-state index contributed by atoms with van der Waals surface area (Å²) < 4.78 is 10.4. The molecule has 0 amide bonds. The molecular formula is C19H34IN3O2. The van der Waals surface area contributed by atoms with Crippen molar-refractivity contribution >= 4 is 29.9 Å². The van der Waals surface area contributed by atoms with Crippen LogP contribution in [0, 0.1) is 6.92 Å². The third-order valence-corrected chi connectivity index (χ3v) is 3.99. The predicted molar refractivity (Wildman–Crippen MR) is 116 cm³/mol. The van der Waals surface area contributed by atoms with Crippen LogP contribution in [0.5, 0.6) is 0 Å². The van der Waals surface area contributed by atoms with Crippen molar-refractivity contribution in [1.82, 2.24) is 10.6 Å². The van der Waals surface area contributed by atoms with Crippen molar-refractivity contribution in [3.05, 3.63) is 35.4 Å². The van der Waals surface area contributed by atoms with E-state index in [0.717, 1.165) is 32.1 Å². The van der Waals surface area contributed by atoms with Crippen molar-refractivity contribution in [3.63, 3.8) is 0 Å². The van der Waals surface area contributed by atoms with Gasteiger partial charge < -0.3 is 20.1 Å². The highest BCUT2D eigenvalue weighted by Gasteiger charge is 2.22. The Labute approximate surface area is 170 Å². The normalized spacial score (nSPS) is 11.8. The number of aliphatic imine (C=N–C) groups is 1. The van der Waals surface area contributed by atoms with Gasteiger partial charge in [0, 0.05) is 39.3 Å².